The van der Waals surface area contributed by atoms with E-state index in [0.29, 0.717) is 5.25 Å². The zero-order chi connectivity index (χ0) is 7.84. The summed E-state index contributed by atoms with van der Waals surface area (Å²) in [6, 6.07) is 2.17. The first-order valence-corrected chi connectivity index (χ1v) is 4.40. The van der Waals surface area contributed by atoms with E-state index >= 15 is 0 Å². The maximum absolute atomic E-state index is 4.44. The Morgan fingerprint density at radius 3 is 3.00 bits per heavy atom. The Balaban J connectivity index is 2.43. The van der Waals surface area contributed by atoms with Gasteiger partial charge in [0.05, 0.1) is 0 Å². The zero-order valence-corrected chi connectivity index (χ0v) is 7.44. The lowest BCUT2D eigenvalue weighted by molar-refractivity contribution is 0.942. The van der Waals surface area contributed by atoms with E-state index in [2.05, 4.69) is 23.7 Å². The van der Waals surface area contributed by atoms with Gasteiger partial charge in [-0.05, 0) is 37.0 Å². The number of aromatic nitrogens is 1. The van der Waals surface area contributed by atoms with E-state index < -0.39 is 0 Å². The van der Waals surface area contributed by atoms with Crippen molar-refractivity contribution in [2.45, 2.75) is 25.0 Å². The second kappa shape index (κ2) is 2.52. The van der Waals surface area contributed by atoms with Gasteiger partial charge in [0.15, 0.2) is 0 Å². The minimum absolute atomic E-state index is 0.522. The van der Waals surface area contributed by atoms with Crippen molar-refractivity contribution in [3.05, 3.63) is 29.1 Å². The van der Waals surface area contributed by atoms with Crippen LogP contribution in [0.3, 0.4) is 0 Å². The molecule has 0 saturated heterocycles. The molecule has 0 aliphatic heterocycles. The molecule has 1 atom stereocenters. The van der Waals surface area contributed by atoms with Gasteiger partial charge in [0.1, 0.15) is 0 Å². The van der Waals surface area contributed by atoms with Crippen LogP contribution in [0, 0.1) is 6.92 Å². The Bertz CT molecular complexity index is 283. The van der Waals surface area contributed by atoms with E-state index in [0.717, 1.165) is 18.5 Å². The maximum Gasteiger partial charge on any atom is 0.0375 e. The molecule has 0 bridgehead atoms. The summed E-state index contributed by atoms with van der Waals surface area (Å²) in [4.78, 5) is 4.25. The highest BCUT2D eigenvalue weighted by Crippen LogP contribution is 2.24. The molecule has 1 heterocycles. The van der Waals surface area contributed by atoms with E-state index in [1.54, 1.807) is 0 Å². The Morgan fingerprint density at radius 1 is 1.45 bits per heavy atom. The van der Waals surface area contributed by atoms with Gasteiger partial charge in [0, 0.05) is 17.1 Å². The Hall–Kier alpha value is -0.500. The highest BCUT2D eigenvalue weighted by Gasteiger charge is 2.17. The summed E-state index contributed by atoms with van der Waals surface area (Å²) in [5, 5.41) is 0.522. The fourth-order valence-electron chi connectivity index (χ4n) is 1.60. The van der Waals surface area contributed by atoms with Gasteiger partial charge < -0.3 is 0 Å². The number of nitrogens with zero attached hydrogens (tertiary/aromatic N) is 1. The minimum atomic E-state index is 0.522. The molecule has 0 saturated carbocycles. The van der Waals surface area contributed by atoms with Crippen LogP contribution in [0.15, 0.2) is 12.3 Å². The van der Waals surface area contributed by atoms with Gasteiger partial charge in [-0.3, -0.25) is 4.98 Å². The molecule has 1 nitrogen and oxygen atoms in total. The summed E-state index contributed by atoms with van der Waals surface area (Å²) in [7, 11) is 0. The molecule has 0 aromatic carbocycles. The van der Waals surface area contributed by atoms with Crippen molar-refractivity contribution in [2.75, 3.05) is 0 Å². The number of hydrogen-bond acceptors (Lipinski definition) is 2. The van der Waals surface area contributed by atoms with E-state index in [4.69, 9.17) is 0 Å². The average molecular weight is 165 g/mol. The lowest BCUT2D eigenvalue weighted by Crippen LogP contribution is -1.94. The molecular weight excluding hydrogens is 154 g/mol. The van der Waals surface area contributed by atoms with Crippen LogP contribution in [-0.4, -0.2) is 10.2 Å². The third-order valence-electron chi connectivity index (χ3n) is 2.13. The van der Waals surface area contributed by atoms with Gasteiger partial charge in [-0.25, -0.2) is 0 Å². The molecule has 0 N–H and O–H groups in total. The fraction of sp³-hybridized carbons (Fsp3) is 0.444. The van der Waals surface area contributed by atoms with E-state index in [-0.39, 0.29) is 0 Å². The topological polar surface area (TPSA) is 12.9 Å². The van der Waals surface area contributed by atoms with Crippen LogP contribution in [0.2, 0.25) is 0 Å². The van der Waals surface area contributed by atoms with Crippen molar-refractivity contribution >= 4 is 12.6 Å². The highest BCUT2D eigenvalue weighted by molar-refractivity contribution is 7.81. The summed E-state index contributed by atoms with van der Waals surface area (Å²) in [5.74, 6) is 0. The lowest BCUT2D eigenvalue weighted by Gasteiger charge is -1.97. The number of rotatable bonds is 0. The monoisotopic (exact) mass is 165 g/mol. The number of fused-ring (bicyclic) bond motifs is 1. The van der Waals surface area contributed by atoms with Crippen molar-refractivity contribution in [3.8, 4) is 0 Å². The molecule has 1 unspecified atom stereocenters. The van der Waals surface area contributed by atoms with Crippen molar-refractivity contribution in [1.82, 2.24) is 4.98 Å². The molecule has 58 valence electrons. The molecule has 0 spiro atoms. The first-order chi connectivity index (χ1) is 5.25. The Morgan fingerprint density at radius 2 is 2.18 bits per heavy atom. The lowest BCUT2D eigenvalue weighted by atomic mass is 10.2. The van der Waals surface area contributed by atoms with Crippen molar-refractivity contribution in [1.29, 1.82) is 0 Å². The quantitative estimate of drug-likeness (QED) is 0.578. The molecule has 1 aromatic rings. The summed E-state index contributed by atoms with van der Waals surface area (Å²) < 4.78 is 0. The molecule has 1 aliphatic carbocycles. The molecule has 0 amide bonds. The third-order valence-corrected chi connectivity index (χ3v) is 2.50. The summed E-state index contributed by atoms with van der Waals surface area (Å²) in [6.07, 6.45) is 4.19. The van der Waals surface area contributed by atoms with E-state index in [1.807, 2.05) is 13.1 Å². The van der Waals surface area contributed by atoms with Gasteiger partial charge in [-0.2, -0.15) is 12.6 Å². The predicted molar refractivity (Wildman–Crippen MR) is 49.2 cm³/mol. The number of aryl methyl sites for hydroxylation is 1. The second-order valence-electron chi connectivity index (χ2n) is 3.16. The van der Waals surface area contributed by atoms with Gasteiger partial charge in [0.2, 0.25) is 0 Å². The number of thiol groups is 1. The average Bonchev–Trinajstić information content (AvgIpc) is 2.27. The van der Waals surface area contributed by atoms with Gasteiger partial charge >= 0.3 is 0 Å². The van der Waals surface area contributed by atoms with E-state index in [9.17, 15) is 0 Å². The largest absolute Gasteiger partial charge is 0.261 e. The summed E-state index contributed by atoms with van der Waals surface area (Å²) in [6.45, 7) is 2.03. The second-order valence-corrected chi connectivity index (χ2v) is 3.89. The van der Waals surface area contributed by atoms with Crippen molar-refractivity contribution in [2.24, 2.45) is 0 Å². The van der Waals surface area contributed by atoms with Gasteiger partial charge in [0.25, 0.3) is 0 Å². The molecule has 1 aromatic heterocycles. The van der Waals surface area contributed by atoms with Crippen molar-refractivity contribution < 1.29 is 0 Å². The van der Waals surface area contributed by atoms with Crippen LogP contribution in [0.5, 0.6) is 0 Å². The van der Waals surface area contributed by atoms with Crippen LogP contribution >= 0.6 is 12.6 Å². The smallest absolute Gasteiger partial charge is 0.0375 e. The molecular formula is C9H11NS. The first kappa shape index (κ1) is 7.17. The highest BCUT2D eigenvalue weighted by atomic mass is 32.1. The normalized spacial score (nSPS) is 21.8. The minimum Gasteiger partial charge on any atom is -0.261 e. The van der Waals surface area contributed by atoms with Gasteiger partial charge in [-0.1, -0.05) is 0 Å². The van der Waals surface area contributed by atoms with E-state index in [1.165, 1.54) is 11.1 Å². The molecule has 11 heavy (non-hydrogen) atoms. The van der Waals surface area contributed by atoms with Crippen LogP contribution < -0.4 is 0 Å². The molecule has 0 radical (unpaired) electrons. The SMILES string of the molecule is Cc1cc2c(cn1)CC(S)C2. The zero-order valence-electron chi connectivity index (χ0n) is 6.54. The predicted octanol–water partition coefficient (Wildman–Crippen LogP) is 1.79. The summed E-state index contributed by atoms with van der Waals surface area (Å²) >= 11 is 4.44. The van der Waals surface area contributed by atoms with Gasteiger partial charge in [-0.15, -0.1) is 0 Å². The molecule has 2 heteroatoms. The maximum atomic E-state index is 4.44. The van der Waals surface area contributed by atoms with Crippen LogP contribution in [-0.2, 0) is 12.8 Å². The van der Waals surface area contributed by atoms with Crippen LogP contribution in [0.4, 0.5) is 0 Å². The molecule has 0 fully saturated rings. The number of pyridine rings is 1. The third kappa shape index (κ3) is 1.27. The first-order valence-electron chi connectivity index (χ1n) is 3.88. The number of hydrogen-bond donors (Lipinski definition) is 1. The molecule has 2 rings (SSSR count). The Labute approximate surface area is 72.3 Å². The van der Waals surface area contributed by atoms with Crippen LogP contribution in [0.25, 0.3) is 0 Å². The summed E-state index contributed by atoms with van der Waals surface area (Å²) in [5.41, 5.74) is 3.94. The fourth-order valence-corrected chi connectivity index (χ4v) is 1.99. The Kier molecular flexibility index (Phi) is 1.64. The molecule has 1 aliphatic rings. The van der Waals surface area contributed by atoms with Crippen LogP contribution in [0.1, 0.15) is 16.8 Å². The standard InChI is InChI=1S/C9H11NS/c1-6-2-7-3-9(11)4-8(7)5-10-6/h2,5,9,11H,3-4H2,1H3. The van der Waals surface area contributed by atoms with Crippen molar-refractivity contribution in [3.63, 3.8) is 0 Å².